The van der Waals surface area contributed by atoms with Gasteiger partial charge >= 0.3 is 0 Å². The molecule has 0 bridgehead atoms. The Hall–Kier alpha value is -3.23. The average molecular weight is 391 g/mol. The van der Waals surface area contributed by atoms with Crippen LogP contribution < -0.4 is 5.43 Å². The minimum atomic E-state index is -0.308. The molecule has 8 heteroatoms. The van der Waals surface area contributed by atoms with E-state index in [1.165, 1.54) is 11.3 Å². The topological polar surface area (TPSA) is 80.1 Å². The smallest absolute Gasteiger partial charge is 0.233 e. The Bertz CT molecular complexity index is 1060. The number of nitrogens with one attached hydrogen (secondary N) is 1. The predicted octanol–water partition coefficient (Wildman–Crippen LogP) is 4.36. The number of thiazole rings is 1. The van der Waals surface area contributed by atoms with Gasteiger partial charge in [-0.05, 0) is 35.7 Å². The van der Waals surface area contributed by atoms with Crippen LogP contribution in [0.25, 0.3) is 10.6 Å². The zero-order valence-corrected chi connectivity index (χ0v) is 15.6. The number of ketones is 1. The van der Waals surface area contributed by atoms with Crippen molar-refractivity contribution in [2.75, 3.05) is 5.43 Å². The molecule has 0 fully saturated rings. The number of nitrogens with zero attached hydrogens (tertiary/aromatic N) is 4. The van der Waals surface area contributed by atoms with Crippen LogP contribution in [0.4, 0.5) is 5.13 Å². The van der Waals surface area contributed by atoms with Gasteiger partial charge < -0.3 is 0 Å². The summed E-state index contributed by atoms with van der Waals surface area (Å²) in [5, 5.41) is 8.85. The Morgan fingerprint density at radius 3 is 2.37 bits per heavy atom. The highest BCUT2D eigenvalue weighted by molar-refractivity contribution is 7.15. The molecule has 0 aliphatic rings. The molecule has 0 unspecified atom stereocenters. The number of rotatable bonds is 6. The van der Waals surface area contributed by atoms with Gasteiger partial charge in [-0.1, -0.05) is 18.2 Å². The normalized spacial score (nSPS) is 11.3. The lowest BCUT2D eigenvalue weighted by Gasteiger charge is -2.05. The highest BCUT2D eigenvalue weighted by Crippen LogP contribution is 2.28. The molecular formula is C19H13N5OS2. The number of hydrazone groups is 1. The zero-order chi connectivity index (χ0) is 18.5. The van der Waals surface area contributed by atoms with Crippen molar-refractivity contribution >= 4 is 39.3 Å². The van der Waals surface area contributed by atoms with Crippen LogP contribution in [0.3, 0.4) is 0 Å². The van der Waals surface area contributed by atoms with Gasteiger partial charge in [-0.15, -0.1) is 22.7 Å². The highest BCUT2D eigenvalue weighted by Gasteiger charge is 2.19. The molecule has 0 radical (unpaired) electrons. The third-order valence-corrected chi connectivity index (χ3v) is 5.20. The van der Waals surface area contributed by atoms with E-state index in [0.717, 1.165) is 10.6 Å². The molecule has 0 saturated carbocycles. The Labute approximate surface area is 163 Å². The first-order valence-corrected chi connectivity index (χ1v) is 9.77. The van der Waals surface area contributed by atoms with E-state index in [9.17, 15) is 4.79 Å². The zero-order valence-electron chi connectivity index (χ0n) is 13.9. The van der Waals surface area contributed by atoms with Crippen molar-refractivity contribution in [1.29, 1.82) is 0 Å². The number of carbonyl (C=O) groups excluding carboxylic acids is 1. The first-order valence-electron chi connectivity index (χ1n) is 8.01. The van der Waals surface area contributed by atoms with Gasteiger partial charge in [0.05, 0.1) is 16.3 Å². The second-order valence-electron chi connectivity index (χ2n) is 5.35. The summed E-state index contributed by atoms with van der Waals surface area (Å²) in [6, 6.07) is 14.5. The van der Waals surface area contributed by atoms with E-state index in [2.05, 4.69) is 25.5 Å². The molecule has 4 rings (SSSR count). The van der Waals surface area contributed by atoms with Crippen LogP contribution in [0.5, 0.6) is 0 Å². The van der Waals surface area contributed by atoms with Crippen molar-refractivity contribution < 1.29 is 4.79 Å². The standard InChI is InChI=1S/C19H13N5OS2/c25-18(14-7-2-4-10-21-14)17(13-6-1-3-9-20-13)23-24-19-22-15(12-27-19)16-8-5-11-26-16/h1-12H,(H,22,24)/b23-17-. The molecule has 4 heterocycles. The summed E-state index contributed by atoms with van der Waals surface area (Å²) in [4.78, 5) is 26.8. The molecule has 27 heavy (non-hydrogen) atoms. The molecule has 0 amide bonds. The fraction of sp³-hybridized carbons (Fsp3) is 0. The van der Waals surface area contributed by atoms with Gasteiger partial charge in [-0.2, -0.15) is 5.10 Å². The van der Waals surface area contributed by atoms with Crippen LogP contribution in [0, 0.1) is 0 Å². The molecule has 4 aromatic rings. The number of aromatic nitrogens is 3. The van der Waals surface area contributed by atoms with Crippen molar-refractivity contribution in [1.82, 2.24) is 15.0 Å². The van der Waals surface area contributed by atoms with E-state index in [1.807, 2.05) is 29.0 Å². The second kappa shape index (κ2) is 7.98. The Morgan fingerprint density at radius 2 is 1.70 bits per heavy atom. The molecular weight excluding hydrogens is 378 g/mol. The number of thiophene rings is 1. The van der Waals surface area contributed by atoms with Crippen molar-refractivity contribution in [3.63, 3.8) is 0 Å². The van der Waals surface area contributed by atoms with Gasteiger partial charge in [0.25, 0.3) is 0 Å². The lowest BCUT2D eigenvalue weighted by molar-refractivity contribution is 0.106. The van der Waals surface area contributed by atoms with Crippen LogP contribution >= 0.6 is 22.7 Å². The molecule has 4 aromatic heterocycles. The van der Waals surface area contributed by atoms with Crippen molar-refractivity contribution in [2.24, 2.45) is 5.10 Å². The van der Waals surface area contributed by atoms with Crippen LogP contribution in [-0.2, 0) is 0 Å². The Kier molecular flexibility index (Phi) is 5.08. The van der Waals surface area contributed by atoms with Gasteiger partial charge in [-0.3, -0.25) is 20.2 Å². The summed E-state index contributed by atoms with van der Waals surface area (Å²) in [7, 11) is 0. The van der Waals surface area contributed by atoms with Gasteiger partial charge in [0, 0.05) is 17.8 Å². The SMILES string of the molecule is O=C(/C(=N\Nc1nc(-c2cccs2)cs1)c1ccccn1)c1ccccn1. The maximum atomic E-state index is 12.9. The fourth-order valence-corrected chi connectivity index (χ4v) is 3.73. The number of carbonyl (C=O) groups is 1. The molecule has 0 aromatic carbocycles. The van der Waals surface area contributed by atoms with Gasteiger partial charge in [0.15, 0.2) is 5.71 Å². The third kappa shape index (κ3) is 3.97. The lowest BCUT2D eigenvalue weighted by atomic mass is 10.1. The average Bonchev–Trinajstić information content (AvgIpc) is 3.41. The van der Waals surface area contributed by atoms with E-state index in [4.69, 9.17) is 0 Å². The summed E-state index contributed by atoms with van der Waals surface area (Å²) in [6.45, 7) is 0. The Morgan fingerprint density at radius 1 is 0.926 bits per heavy atom. The van der Waals surface area contributed by atoms with Crippen LogP contribution in [-0.4, -0.2) is 26.4 Å². The largest absolute Gasteiger partial charge is 0.285 e. The quantitative estimate of drug-likeness (QED) is 0.300. The van der Waals surface area contributed by atoms with Crippen LogP contribution in [0.15, 0.2) is 76.8 Å². The molecule has 6 nitrogen and oxygen atoms in total. The summed E-state index contributed by atoms with van der Waals surface area (Å²) >= 11 is 3.04. The van der Waals surface area contributed by atoms with Crippen molar-refractivity contribution in [3.05, 3.63) is 83.1 Å². The van der Waals surface area contributed by atoms with Crippen LogP contribution in [0.2, 0.25) is 0 Å². The van der Waals surface area contributed by atoms with Gasteiger partial charge in [0.2, 0.25) is 10.9 Å². The lowest BCUT2D eigenvalue weighted by Crippen LogP contribution is -2.19. The molecule has 0 aliphatic heterocycles. The molecule has 0 atom stereocenters. The molecule has 0 aliphatic carbocycles. The summed E-state index contributed by atoms with van der Waals surface area (Å²) < 4.78 is 0. The summed E-state index contributed by atoms with van der Waals surface area (Å²) in [5.41, 5.74) is 4.72. The van der Waals surface area contributed by atoms with Gasteiger partial charge in [-0.25, -0.2) is 4.98 Å². The van der Waals surface area contributed by atoms with E-state index >= 15 is 0 Å². The second-order valence-corrected chi connectivity index (χ2v) is 7.15. The minimum Gasteiger partial charge on any atom is -0.285 e. The van der Waals surface area contributed by atoms with E-state index < -0.39 is 0 Å². The summed E-state index contributed by atoms with van der Waals surface area (Å²) in [6.07, 6.45) is 3.19. The Balaban J connectivity index is 1.64. The minimum absolute atomic E-state index is 0.183. The number of hydrogen-bond acceptors (Lipinski definition) is 8. The van der Waals surface area contributed by atoms with Crippen LogP contribution in [0.1, 0.15) is 16.2 Å². The predicted molar refractivity (Wildman–Crippen MR) is 108 cm³/mol. The van der Waals surface area contributed by atoms with E-state index in [0.29, 0.717) is 16.5 Å². The number of hydrogen-bond donors (Lipinski definition) is 1. The van der Waals surface area contributed by atoms with Crippen molar-refractivity contribution in [2.45, 2.75) is 0 Å². The van der Waals surface area contributed by atoms with E-state index in [1.54, 1.807) is 54.1 Å². The fourth-order valence-electron chi connectivity index (χ4n) is 2.31. The molecule has 0 saturated heterocycles. The summed E-state index contributed by atoms with van der Waals surface area (Å²) in [5.74, 6) is -0.308. The highest BCUT2D eigenvalue weighted by atomic mass is 32.1. The molecule has 1 N–H and O–H groups in total. The number of anilines is 1. The maximum absolute atomic E-state index is 12.9. The first kappa shape index (κ1) is 17.2. The molecule has 0 spiro atoms. The van der Waals surface area contributed by atoms with E-state index in [-0.39, 0.29) is 11.5 Å². The monoisotopic (exact) mass is 391 g/mol. The number of pyridine rings is 2. The first-order chi connectivity index (χ1) is 13.3. The molecule has 132 valence electrons. The van der Waals surface area contributed by atoms with Gasteiger partial charge in [0.1, 0.15) is 5.69 Å². The third-order valence-electron chi connectivity index (χ3n) is 3.56. The van der Waals surface area contributed by atoms with Crippen molar-refractivity contribution in [3.8, 4) is 10.6 Å². The maximum Gasteiger partial charge on any atom is 0.233 e. The number of Topliss-reactive ketones (excluding diaryl/α,β-unsaturated/α-hetero) is 1.